The Morgan fingerprint density at radius 1 is 1.25 bits per heavy atom. The highest BCUT2D eigenvalue weighted by Crippen LogP contribution is 2.27. The van der Waals surface area contributed by atoms with Crippen LogP contribution in [0.15, 0.2) is 34.9 Å². The highest BCUT2D eigenvalue weighted by molar-refractivity contribution is 6.35. The summed E-state index contributed by atoms with van der Waals surface area (Å²) in [6.07, 6.45) is 1.30. The van der Waals surface area contributed by atoms with Crippen LogP contribution in [-0.2, 0) is 11.4 Å². The van der Waals surface area contributed by atoms with E-state index in [0.29, 0.717) is 21.3 Å². The monoisotopic (exact) mass is 315 g/mol. The van der Waals surface area contributed by atoms with E-state index in [1.807, 2.05) is 0 Å². The van der Waals surface area contributed by atoms with E-state index < -0.39 is 12.0 Å². The summed E-state index contributed by atoms with van der Waals surface area (Å²) in [7, 11) is 0. The molecular formula is C13H11Cl2NO4. The molecule has 0 aliphatic heterocycles. The quantitative estimate of drug-likeness (QED) is 0.788. The van der Waals surface area contributed by atoms with Gasteiger partial charge in [-0.3, -0.25) is 0 Å². The van der Waals surface area contributed by atoms with Crippen LogP contribution >= 0.6 is 23.2 Å². The van der Waals surface area contributed by atoms with Gasteiger partial charge in [-0.25, -0.2) is 4.79 Å². The molecule has 0 saturated heterocycles. The molecule has 1 aromatic heterocycles. The third-order valence-corrected chi connectivity index (χ3v) is 3.00. The van der Waals surface area contributed by atoms with E-state index in [-0.39, 0.29) is 12.4 Å². The Labute approximate surface area is 124 Å². The van der Waals surface area contributed by atoms with Crippen molar-refractivity contribution >= 4 is 34.9 Å². The molecule has 0 aliphatic carbocycles. The first kappa shape index (κ1) is 14.7. The van der Waals surface area contributed by atoms with E-state index in [2.05, 4.69) is 5.32 Å². The summed E-state index contributed by atoms with van der Waals surface area (Å²) in [4.78, 5) is 11.3. The lowest BCUT2D eigenvalue weighted by Gasteiger charge is -2.14. The molecule has 1 heterocycles. The van der Waals surface area contributed by atoms with Crippen molar-refractivity contribution in [3.63, 3.8) is 0 Å². The highest BCUT2D eigenvalue weighted by Gasteiger charge is 2.23. The van der Waals surface area contributed by atoms with Gasteiger partial charge in [-0.05, 0) is 24.3 Å². The van der Waals surface area contributed by atoms with Crippen molar-refractivity contribution in [2.24, 2.45) is 0 Å². The number of carboxylic acids is 1. The number of carbonyl (C=O) groups is 1. The van der Waals surface area contributed by atoms with Crippen LogP contribution in [0.25, 0.3) is 0 Å². The van der Waals surface area contributed by atoms with E-state index in [4.69, 9.17) is 32.7 Å². The van der Waals surface area contributed by atoms with Crippen LogP contribution in [0.1, 0.15) is 17.4 Å². The molecule has 106 valence electrons. The Hall–Kier alpha value is -1.69. The second-order valence-electron chi connectivity index (χ2n) is 4.09. The van der Waals surface area contributed by atoms with Crippen LogP contribution in [0.5, 0.6) is 0 Å². The first-order valence-electron chi connectivity index (χ1n) is 5.63. The molecule has 7 heteroatoms. The molecule has 0 bridgehead atoms. The van der Waals surface area contributed by atoms with Crippen molar-refractivity contribution in [3.05, 3.63) is 51.9 Å². The zero-order valence-electron chi connectivity index (χ0n) is 10.1. The van der Waals surface area contributed by atoms with Gasteiger partial charge in [0.1, 0.15) is 5.76 Å². The summed E-state index contributed by atoms with van der Waals surface area (Å²) in [6.45, 7) is -0.223. The molecule has 0 aliphatic rings. The molecule has 0 saturated carbocycles. The maximum absolute atomic E-state index is 11.3. The summed E-state index contributed by atoms with van der Waals surface area (Å²) in [5.41, 5.74) is 0.953. The minimum absolute atomic E-state index is 0.178. The number of furan rings is 1. The third-order valence-electron chi connectivity index (χ3n) is 2.56. The Morgan fingerprint density at radius 3 is 2.40 bits per heavy atom. The fourth-order valence-corrected chi connectivity index (χ4v) is 2.21. The number of aliphatic hydroxyl groups is 1. The lowest BCUT2D eigenvalue weighted by atomic mass is 10.2. The third kappa shape index (κ3) is 3.45. The Bertz CT molecular complexity index is 606. The predicted octanol–water partition coefficient (Wildman–Crippen LogP) is 3.32. The fourth-order valence-electron chi connectivity index (χ4n) is 1.69. The predicted molar refractivity (Wildman–Crippen MR) is 75.1 cm³/mol. The van der Waals surface area contributed by atoms with Gasteiger partial charge in [0.05, 0.1) is 12.9 Å². The van der Waals surface area contributed by atoms with E-state index in [9.17, 15) is 9.90 Å². The lowest BCUT2D eigenvalue weighted by Crippen LogP contribution is -2.19. The summed E-state index contributed by atoms with van der Waals surface area (Å²) in [6, 6.07) is 5.02. The number of carboxylic acid groups (broad SMARTS) is 1. The van der Waals surface area contributed by atoms with Gasteiger partial charge in [-0.2, -0.15) is 0 Å². The average Bonchev–Trinajstić information content (AvgIpc) is 2.82. The molecule has 20 heavy (non-hydrogen) atoms. The highest BCUT2D eigenvalue weighted by atomic mass is 35.5. The molecule has 0 spiro atoms. The van der Waals surface area contributed by atoms with Gasteiger partial charge in [-0.1, -0.05) is 23.2 Å². The van der Waals surface area contributed by atoms with Crippen molar-refractivity contribution in [3.8, 4) is 0 Å². The molecule has 1 aromatic carbocycles. The van der Waals surface area contributed by atoms with Crippen LogP contribution in [-0.4, -0.2) is 16.2 Å². The van der Waals surface area contributed by atoms with E-state index in [1.54, 1.807) is 18.2 Å². The largest absolute Gasteiger partial charge is 0.479 e. The minimum Gasteiger partial charge on any atom is -0.479 e. The number of rotatable bonds is 5. The van der Waals surface area contributed by atoms with Gasteiger partial charge in [0.15, 0.2) is 6.04 Å². The summed E-state index contributed by atoms with van der Waals surface area (Å²) >= 11 is 11.7. The SMILES string of the molecule is O=C(O)C(Nc1cc(Cl)cc(Cl)c1)c1cc(CO)co1. The fraction of sp³-hybridized carbons (Fsp3) is 0.154. The molecule has 3 N–H and O–H groups in total. The zero-order valence-corrected chi connectivity index (χ0v) is 11.6. The second-order valence-corrected chi connectivity index (χ2v) is 4.96. The maximum atomic E-state index is 11.3. The number of halogens is 2. The molecule has 5 nitrogen and oxygen atoms in total. The van der Waals surface area contributed by atoms with Gasteiger partial charge in [-0.15, -0.1) is 0 Å². The molecule has 0 radical (unpaired) electrons. The van der Waals surface area contributed by atoms with Gasteiger partial charge in [0.25, 0.3) is 0 Å². The number of hydrogen-bond donors (Lipinski definition) is 3. The van der Waals surface area contributed by atoms with E-state index in [1.165, 1.54) is 12.3 Å². The summed E-state index contributed by atoms with van der Waals surface area (Å²) in [5, 5.41) is 21.8. The average molecular weight is 316 g/mol. The Morgan fingerprint density at radius 2 is 1.90 bits per heavy atom. The number of nitrogens with one attached hydrogen (secondary N) is 1. The van der Waals surface area contributed by atoms with Crippen LogP contribution in [0, 0.1) is 0 Å². The molecular weight excluding hydrogens is 305 g/mol. The summed E-state index contributed by atoms with van der Waals surface area (Å²) < 4.78 is 5.14. The van der Waals surface area contributed by atoms with Crippen LogP contribution < -0.4 is 5.32 Å². The number of anilines is 1. The maximum Gasteiger partial charge on any atom is 0.334 e. The zero-order chi connectivity index (χ0) is 14.7. The lowest BCUT2D eigenvalue weighted by molar-refractivity contribution is -0.138. The van der Waals surface area contributed by atoms with Crippen LogP contribution in [0.2, 0.25) is 10.0 Å². The van der Waals surface area contributed by atoms with Crippen molar-refractivity contribution in [1.82, 2.24) is 0 Å². The second kappa shape index (κ2) is 6.17. The Balaban J connectivity index is 2.27. The smallest absolute Gasteiger partial charge is 0.334 e. The molecule has 2 aromatic rings. The van der Waals surface area contributed by atoms with Gasteiger partial charge in [0, 0.05) is 21.3 Å². The number of hydrogen-bond acceptors (Lipinski definition) is 4. The van der Waals surface area contributed by atoms with Crippen molar-refractivity contribution < 1.29 is 19.4 Å². The number of benzene rings is 1. The van der Waals surface area contributed by atoms with Crippen molar-refractivity contribution in [2.75, 3.05) is 5.32 Å². The molecule has 0 amide bonds. The van der Waals surface area contributed by atoms with E-state index in [0.717, 1.165) is 0 Å². The molecule has 1 atom stereocenters. The molecule has 0 fully saturated rings. The molecule has 2 rings (SSSR count). The van der Waals surface area contributed by atoms with Crippen LogP contribution in [0.4, 0.5) is 5.69 Å². The number of aliphatic hydroxyl groups excluding tert-OH is 1. The standard InChI is InChI=1S/C13H11Cl2NO4/c14-8-2-9(15)4-10(3-8)16-12(13(18)19)11-1-7(5-17)6-20-11/h1-4,6,12,16-17H,5H2,(H,18,19). The van der Waals surface area contributed by atoms with Crippen molar-refractivity contribution in [2.45, 2.75) is 12.6 Å². The molecule has 1 unspecified atom stereocenters. The van der Waals surface area contributed by atoms with Gasteiger partial charge < -0.3 is 19.9 Å². The first-order chi connectivity index (χ1) is 9.49. The van der Waals surface area contributed by atoms with Gasteiger partial charge >= 0.3 is 5.97 Å². The topological polar surface area (TPSA) is 82.7 Å². The normalized spacial score (nSPS) is 12.2. The minimum atomic E-state index is -1.13. The first-order valence-corrected chi connectivity index (χ1v) is 6.39. The van der Waals surface area contributed by atoms with Crippen molar-refractivity contribution in [1.29, 1.82) is 0 Å². The summed E-state index contributed by atoms with van der Waals surface area (Å²) in [5.74, 6) is -0.947. The van der Waals surface area contributed by atoms with Crippen LogP contribution in [0.3, 0.4) is 0 Å². The number of aliphatic carboxylic acids is 1. The van der Waals surface area contributed by atoms with Gasteiger partial charge in [0.2, 0.25) is 0 Å². The Kier molecular flexibility index (Phi) is 4.54. The van der Waals surface area contributed by atoms with E-state index >= 15 is 0 Å².